The van der Waals surface area contributed by atoms with E-state index in [4.69, 9.17) is 0 Å². The van der Waals surface area contributed by atoms with Crippen molar-refractivity contribution in [3.05, 3.63) is 18.5 Å². The van der Waals surface area contributed by atoms with E-state index in [1.54, 1.807) is 6.20 Å². The Kier molecular flexibility index (Phi) is 5.05. The lowest BCUT2D eigenvalue weighted by molar-refractivity contribution is -0.132. The normalized spacial score (nSPS) is 22.2. The maximum absolute atomic E-state index is 12.8. The fourth-order valence-corrected chi connectivity index (χ4v) is 3.31. The summed E-state index contributed by atoms with van der Waals surface area (Å²) in [5, 5.41) is 10.9. The number of aromatic nitrogens is 2. The second-order valence-electron chi connectivity index (χ2n) is 5.69. The number of carbonyl (C=O) groups excluding carboxylic acids is 1. The Balaban J connectivity index is 0.00000147. The molecule has 6 heteroatoms. The summed E-state index contributed by atoms with van der Waals surface area (Å²) in [4.78, 5) is 12.8. The van der Waals surface area contributed by atoms with Crippen LogP contribution in [0, 0.1) is 0 Å². The van der Waals surface area contributed by atoms with Gasteiger partial charge in [-0.2, -0.15) is 5.10 Å². The highest BCUT2D eigenvalue weighted by molar-refractivity contribution is 5.85. The first-order valence-electron chi connectivity index (χ1n) is 7.33. The Bertz CT molecular complexity index is 422. The monoisotopic (exact) mass is 298 g/mol. The summed E-state index contributed by atoms with van der Waals surface area (Å²) in [6.07, 6.45) is 10.0. The number of amides is 1. The van der Waals surface area contributed by atoms with E-state index in [2.05, 4.69) is 15.7 Å². The van der Waals surface area contributed by atoms with Gasteiger partial charge in [-0.25, -0.2) is 0 Å². The molecule has 1 aliphatic heterocycles. The molecule has 0 atom stereocenters. The van der Waals surface area contributed by atoms with E-state index in [-0.39, 0.29) is 18.3 Å². The van der Waals surface area contributed by atoms with Crippen LogP contribution in [0.4, 0.5) is 0 Å². The molecule has 0 bridgehead atoms. The lowest BCUT2D eigenvalue weighted by Gasteiger charge is -2.37. The van der Waals surface area contributed by atoms with Gasteiger partial charge in [-0.15, -0.1) is 12.4 Å². The van der Waals surface area contributed by atoms with Gasteiger partial charge in [-0.1, -0.05) is 12.8 Å². The molecule has 1 aliphatic carbocycles. The number of halogens is 1. The van der Waals surface area contributed by atoms with Crippen LogP contribution in [-0.4, -0.2) is 34.8 Å². The standard InChI is InChI=1S/C14H22N4O.ClH/c19-13(17-12-4-1-2-5-12)14(6-9-15-10-7-14)18-11-3-8-16-18;/h3,8,11-12,15H,1-2,4-7,9-10H2,(H,17,19);1H. The number of nitrogens with zero attached hydrogens (tertiary/aromatic N) is 2. The number of hydrogen-bond acceptors (Lipinski definition) is 3. The fraction of sp³-hybridized carbons (Fsp3) is 0.714. The largest absolute Gasteiger partial charge is 0.351 e. The molecule has 3 rings (SSSR count). The summed E-state index contributed by atoms with van der Waals surface area (Å²) in [6.45, 7) is 1.75. The van der Waals surface area contributed by atoms with Gasteiger partial charge in [0, 0.05) is 18.4 Å². The number of nitrogens with one attached hydrogen (secondary N) is 2. The zero-order valence-corrected chi connectivity index (χ0v) is 12.5. The molecule has 0 spiro atoms. The highest BCUT2D eigenvalue weighted by Gasteiger charge is 2.42. The first-order valence-corrected chi connectivity index (χ1v) is 7.33. The average molecular weight is 299 g/mol. The molecule has 2 aliphatic rings. The predicted octanol–water partition coefficient (Wildman–Crippen LogP) is 1.44. The Morgan fingerprint density at radius 1 is 1.30 bits per heavy atom. The van der Waals surface area contributed by atoms with Crippen LogP contribution in [0.25, 0.3) is 0 Å². The molecule has 20 heavy (non-hydrogen) atoms. The molecule has 0 unspecified atom stereocenters. The van der Waals surface area contributed by atoms with E-state index in [1.807, 2.05) is 16.9 Å². The summed E-state index contributed by atoms with van der Waals surface area (Å²) in [6, 6.07) is 2.27. The smallest absolute Gasteiger partial charge is 0.248 e. The molecule has 2 heterocycles. The minimum atomic E-state index is -0.489. The van der Waals surface area contributed by atoms with Gasteiger partial charge in [-0.3, -0.25) is 9.48 Å². The maximum Gasteiger partial charge on any atom is 0.248 e. The summed E-state index contributed by atoms with van der Waals surface area (Å²) in [5.74, 6) is 0.157. The van der Waals surface area contributed by atoms with Crippen LogP contribution >= 0.6 is 12.4 Å². The third-order valence-corrected chi connectivity index (χ3v) is 4.49. The highest BCUT2D eigenvalue weighted by atomic mass is 35.5. The van der Waals surface area contributed by atoms with Crippen molar-refractivity contribution >= 4 is 18.3 Å². The van der Waals surface area contributed by atoms with Crippen LogP contribution < -0.4 is 10.6 Å². The topological polar surface area (TPSA) is 59.0 Å². The third-order valence-electron chi connectivity index (χ3n) is 4.49. The van der Waals surface area contributed by atoms with Crippen LogP contribution in [0.15, 0.2) is 18.5 Å². The van der Waals surface area contributed by atoms with Gasteiger partial charge < -0.3 is 10.6 Å². The minimum Gasteiger partial charge on any atom is -0.351 e. The molecule has 0 radical (unpaired) electrons. The number of rotatable bonds is 3. The summed E-state index contributed by atoms with van der Waals surface area (Å²) in [7, 11) is 0. The Labute approximate surface area is 125 Å². The van der Waals surface area contributed by atoms with Crippen LogP contribution in [0.1, 0.15) is 38.5 Å². The van der Waals surface area contributed by atoms with E-state index in [0.29, 0.717) is 6.04 Å². The molecule has 1 saturated carbocycles. The van der Waals surface area contributed by atoms with Crippen molar-refractivity contribution in [2.45, 2.75) is 50.1 Å². The van der Waals surface area contributed by atoms with Crippen LogP contribution in [0.5, 0.6) is 0 Å². The van der Waals surface area contributed by atoms with Gasteiger partial charge in [0.1, 0.15) is 5.54 Å². The van der Waals surface area contributed by atoms with E-state index < -0.39 is 5.54 Å². The molecule has 1 amide bonds. The zero-order chi connectivity index (χ0) is 13.1. The number of piperidine rings is 1. The van der Waals surface area contributed by atoms with Crippen molar-refractivity contribution in [3.8, 4) is 0 Å². The Hall–Kier alpha value is -1.07. The molecular formula is C14H23ClN4O. The van der Waals surface area contributed by atoms with Crippen LogP contribution in [0.2, 0.25) is 0 Å². The molecule has 1 aromatic heterocycles. The quantitative estimate of drug-likeness (QED) is 0.888. The Morgan fingerprint density at radius 2 is 2.00 bits per heavy atom. The second-order valence-corrected chi connectivity index (χ2v) is 5.69. The van der Waals surface area contributed by atoms with E-state index in [1.165, 1.54) is 12.8 Å². The van der Waals surface area contributed by atoms with Gasteiger partial charge >= 0.3 is 0 Å². The fourth-order valence-electron chi connectivity index (χ4n) is 3.31. The maximum atomic E-state index is 12.8. The van der Waals surface area contributed by atoms with E-state index in [0.717, 1.165) is 38.8 Å². The van der Waals surface area contributed by atoms with Gasteiger partial charge in [0.25, 0.3) is 0 Å². The van der Waals surface area contributed by atoms with Gasteiger partial charge in [-0.05, 0) is 44.8 Å². The molecule has 0 aromatic carbocycles. The van der Waals surface area contributed by atoms with Crippen molar-refractivity contribution in [3.63, 3.8) is 0 Å². The third kappa shape index (κ3) is 2.83. The van der Waals surface area contributed by atoms with Gasteiger partial charge in [0.2, 0.25) is 5.91 Å². The van der Waals surface area contributed by atoms with Gasteiger partial charge in [0.05, 0.1) is 0 Å². The highest BCUT2D eigenvalue weighted by Crippen LogP contribution is 2.28. The van der Waals surface area contributed by atoms with Crippen molar-refractivity contribution in [2.75, 3.05) is 13.1 Å². The van der Waals surface area contributed by atoms with Crippen LogP contribution in [-0.2, 0) is 10.3 Å². The Morgan fingerprint density at radius 3 is 2.60 bits per heavy atom. The summed E-state index contributed by atoms with van der Waals surface area (Å²) < 4.78 is 1.86. The molecule has 2 N–H and O–H groups in total. The molecule has 1 aromatic rings. The summed E-state index contributed by atoms with van der Waals surface area (Å²) >= 11 is 0. The second kappa shape index (κ2) is 6.59. The van der Waals surface area contributed by atoms with Crippen molar-refractivity contribution in [2.24, 2.45) is 0 Å². The molecule has 112 valence electrons. The molecule has 2 fully saturated rings. The molecule has 1 saturated heterocycles. The van der Waals surface area contributed by atoms with Crippen molar-refractivity contribution < 1.29 is 4.79 Å². The van der Waals surface area contributed by atoms with E-state index >= 15 is 0 Å². The van der Waals surface area contributed by atoms with Crippen molar-refractivity contribution in [1.82, 2.24) is 20.4 Å². The number of hydrogen-bond donors (Lipinski definition) is 2. The lowest BCUT2D eigenvalue weighted by Crippen LogP contribution is -2.56. The molecular weight excluding hydrogens is 276 g/mol. The number of carbonyl (C=O) groups is 1. The zero-order valence-electron chi connectivity index (χ0n) is 11.7. The molecule has 5 nitrogen and oxygen atoms in total. The minimum absolute atomic E-state index is 0. The van der Waals surface area contributed by atoms with Gasteiger partial charge in [0.15, 0.2) is 0 Å². The average Bonchev–Trinajstić information content (AvgIpc) is 3.12. The summed E-state index contributed by atoms with van der Waals surface area (Å²) in [5.41, 5.74) is -0.489. The van der Waals surface area contributed by atoms with Crippen molar-refractivity contribution in [1.29, 1.82) is 0 Å². The van der Waals surface area contributed by atoms with Crippen LogP contribution in [0.3, 0.4) is 0 Å². The first kappa shape index (κ1) is 15.3. The predicted molar refractivity (Wildman–Crippen MR) is 80.0 cm³/mol. The van der Waals surface area contributed by atoms with E-state index in [9.17, 15) is 4.79 Å². The first-order chi connectivity index (χ1) is 9.31. The lowest BCUT2D eigenvalue weighted by atomic mass is 9.87. The SMILES string of the molecule is Cl.O=C(NC1CCCC1)C1(n2cccn2)CCNCC1.